The molecule has 7 heteroatoms. The molecule has 1 aliphatic heterocycles. The maximum absolute atomic E-state index is 14.4. The molecule has 0 fully saturated rings. The Kier molecular flexibility index (Phi) is 6.63. The summed E-state index contributed by atoms with van der Waals surface area (Å²) in [6.07, 6.45) is 0. The molecule has 4 rings (SSSR count). The van der Waals surface area contributed by atoms with E-state index in [0.717, 1.165) is 10.8 Å². The molecular formula is C27H28FN3O3. The summed E-state index contributed by atoms with van der Waals surface area (Å²) in [5.41, 5.74) is 1.51. The zero-order valence-corrected chi connectivity index (χ0v) is 19.5. The van der Waals surface area contributed by atoms with E-state index in [2.05, 4.69) is 5.32 Å². The normalized spacial score (nSPS) is 13.4. The van der Waals surface area contributed by atoms with Gasteiger partial charge in [0.2, 0.25) is 11.8 Å². The minimum atomic E-state index is -0.846. The molecule has 0 saturated carbocycles. The first-order chi connectivity index (χ1) is 16.3. The van der Waals surface area contributed by atoms with E-state index < -0.39 is 17.8 Å². The molecule has 0 bridgehead atoms. The summed E-state index contributed by atoms with van der Waals surface area (Å²) >= 11 is 0. The fourth-order valence-corrected chi connectivity index (χ4v) is 4.21. The van der Waals surface area contributed by atoms with E-state index in [1.165, 1.54) is 15.9 Å². The first-order valence-corrected chi connectivity index (χ1v) is 11.4. The lowest BCUT2D eigenvalue weighted by Crippen LogP contribution is -2.51. The average molecular weight is 462 g/mol. The second kappa shape index (κ2) is 9.63. The summed E-state index contributed by atoms with van der Waals surface area (Å²) in [4.78, 5) is 42.3. The molecule has 3 aromatic rings. The predicted octanol–water partition coefficient (Wildman–Crippen LogP) is 4.13. The van der Waals surface area contributed by atoms with Gasteiger partial charge in [-0.1, -0.05) is 56.3 Å². The van der Waals surface area contributed by atoms with Crippen LogP contribution in [0.25, 0.3) is 10.8 Å². The fraction of sp³-hybridized carbons (Fsp3) is 0.296. The molecule has 3 aromatic carbocycles. The Morgan fingerprint density at radius 2 is 1.71 bits per heavy atom. The largest absolute Gasteiger partial charge is 0.354 e. The number of carbonyl (C=O) groups is 3. The third-order valence-corrected chi connectivity index (χ3v) is 6.09. The summed E-state index contributed by atoms with van der Waals surface area (Å²) in [6, 6.07) is 16.4. The molecule has 3 amide bonds. The Hall–Kier alpha value is -3.74. The lowest BCUT2D eigenvalue weighted by molar-refractivity contribution is -0.139. The monoisotopic (exact) mass is 461 g/mol. The number of carbonyl (C=O) groups excluding carboxylic acids is 3. The van der Waals surface area contributed by atoms with Crippen molar-refractivity contribution in [2.45, 2.75) is 33.4 Å². The topological polar surface area (TPSA) is 69.7 Å². The smallest absolute Gasteiger partial charge is 0.259 e. The van der Waals surface area contributed by atoms with Crippen molar-refractivity contribution in [3.63, 3.8) is 0 Å². The highest BCUT2D eigenvalue weighted by molar-refractivity contribution is 6.26. The Morgan fingerprint density at radius 3 is 2.41 bits per heavy atom. The minimum Gasteiger partial charge on any atom is -0.354 e. The van der Waals surface area contributed by atoms with E-state index in [9.17, 15) is 18.8 Å². The van der Waals surface area contributed by atoms with Crippen LogP contribution in [0.3, 0.4) is 0 Å². The third kappa shape index (κ3) is 4.51. The number of nitrogens with one attached hydrogen (secondary N) is 1. The van der Waals surface area contributed by atoms with Crippen LogP contribution in [-0.2, 0) is 16.1 Å². The number of halogens is 1. The Labute approximate surface area is 198 Å². The SMILES string of the molecule is CC(C)CNC(=O)[C@H](C)N(Cc1ccccc1F)C(=O)CN1C(=O)c2cccc3cccc1c23. The maximum Gasteiger partial charge on any atom is 0.259 e. The number of hydrogen-bond acceptors (Lipinski definition) is 3. The molecule has 0 saturated heterocycles. The number of rotatable bonds is 8. The van der Waals surface area contributed by atoms with Gasteiger partial charge in [0.05, 0.1) is 5.69 Å². The van der Waals surface area contributed by atoms with Crippen molar-refractivity contribution in [1.29, 1.82) is 0 Å². The van der Waals surface area contributed by atoms with Gasteiger partial charge in [0.1, 0.15) is 18.4 Å². The standard InChI is InChI=1S/C27H28FN3O3/c1-17(2)14-29-26(33)18(3)30(15-20-8-4-5-12-22(20)28)24(32)16-31-23-13-7-10-19-9-6-11-21(25(19)23)27(31)34/h4-13,17-18H,14-16H2,1-3H3,(H,29,33)/t18-/m0/s1. The van der Waals surface area contributed by atoms with Crippen LogP contribution in [0.4, 0.5) is 10.1 Å². The van der Waals surface area contributed by atoms with E-state index in [-0.39, 0.29) is 30.8 Å². The lowest BCUT2D eigenvalue weighted by Gasteiger charge is -2.31. The molecule has 1 heterocycles. The van der Waals surface area contributed by atoms with Crippen molar-refractivity contribution < 1.29 is 18.8 Å². The van der Waals surface area contributed by atoms with Gasteiger partial charge in [-0.05, 0) is 36.4 Å². The van der Waals surface area contributed by atoms with Gasteiger partial charge in [-0.3, -0.25) is 19.3 Å². The van der Waals surface area contributed by atoms with Gasteiger partial charge in [-0.15, -0.1) is 0 Å². The van der Waals surface area contributed by atoms with E-state index in [4.69, 9.17) is 0 Å². The minimum absolute atomic E-state index is 0.0824. The summed E-state index contributed by atoms with van der Waals surface area (Å²) in [7, 11) is 0. The molecule has 1 atom stereocenters. The first kappa shape index (κ1) is 23.4. The second-order valence-corrected chi connectivity index (χ2v) is 9.00. The predicted molar refractivity (Wildman–Crippen MR) is 130 cm³/mol. The van der Waals surface area contributed by atoms with Crippen molar-refractivity contribution in [2.75, 3.05) is 18.0 Å². The average Bonchev–Trinajstić information content (AvgIpc) is 3.09. The molecule has 0 radical (unpaired) electrons. The fourth-order valence-electron chi connectivity index (χ4n) is 4.21. The van der Waals surface area contributed by atoms with Crippen LogP contribution in [0.15, 0.2) is 60.7 Å². The van der Waals surface area contributed by atoms with Crippen LogP contribution in [-0.4, -0.2) is 41.8 Å². The summed E-state index contributed by atoms with van der Waals surface area (Å²) < 4.78 is 14.4. The molecule has 0 unspecified atom stereocenters. The molecule has 34 heavy (non-hydrogen) atoms. The number of anilines is 1. The van der Waals surface area contributed by atoms with Gasteiger partial charge in [0.15, 0.2) is 0 Å². The van der Waals surface area contributed by atoms with Crippen LogP contribution < -0.4 is 10.2 Å². The first-order valence-electron chi connectivity index (χ1n) is 11.4. The highest BCUT2D eigenvalue weighted by Gasteiger charge is 2.34. The van der Waals surface area contributed by atoms with Crippen LogP contribution >= 0.6 is 0 Å². The quantitative estimate of drug-likeness (QED) is 0.549. The summed E-state index contributed by atoms with van der Waals surface area (Å²) in [5, 5.41) is 4.57. The summed E-state index contributed by atoms with van der Waals surface area (Å²) in [6.45, 7) is 5.71. The zero-order valence-electron chi connectivity index (χ0n) is 19.5. The molecule has 0 aliphatic carbocycles. The zero-order chi connectivity index (χ0) is 24.4. The third-order valence-electron chi connectivity index (χ3n) is 6.09. The molecule has 0 spiro atoms. The van der Waals surface area contributed by atoms with Crippen molar-refractivity contribution in [3.05, 3.63) is 77.6 Å². The van der Waals surface area contributed by atoms with Gasteiger partial charge in [-0.2, -0.15) is 0 Å². The van der Waals surface area contributed by atoms with Gasteiger partial charge in [0.25, 0.3) is 5.91 Å². The molecule has 0 aromatic heterocycles. The molecule has 1 aliphatic rings. The molecule has 6 nitrogen and oxygen atoms in total. The van der Waals surface area contributed by atoms with E-state index in [1.54, 1.807) is 31.2 Å². The van der Waals surface area contributed by atoms with Crippen molar-refractivity contribution in [1.82, 2.24) is 10.2 Å². The van der Waals surface area contributed by atoms with E-state index >= 15 is 0 Å². The Bertz CT molecular complexity index is 1250. The summed E-state index contributed by atoms with van der Waals surface area (Å²) in [5.74, 6) is -1.23. The molecule has 1 N–H and O–H groups in total. The second-order valence-electron chi connectivity index (χ2n) is 9.00. The van der Waals surface area contributed by atoms with Crippen LogP contribution in [0.5, 0.6) is 0 Å². The van der Waals surface area contributed by atoms with Gasteiger partial charge in [-0.25, -0.2) is 4.39 Å². The Balaban J connectivity index is 1.62. The number of hydrogen-bond donors (Lipinski definition) is 1. The highest BCUT2D eigenvalue weighted by Crippen LogP contribution is 2.37. The Morgan fingerprint density at radius 1 is 1.00 bits per heavy atom. The van der Waals surface area contributed by atoms with E-state index in [1.807, 2.05) is 44.2 Å². The van der Waals surface area contributed by atoms with Gasteiger partial charge < -0.3 is 10.2 Å². The molecular weight excluding hydrogens is 433 g/mol. The maximum atomic E-state index is 14.4. The van der Waals surface area contributed by atoms with E-state index in [0.29, 0.717) is 23.4 Å². The van der Waals surface area contributed by atoms with Crippen molar-refractivity contribution in [2.24, 2.45) is 5.92 Å². The van der Waals surface area contributed by atoms with Crippen molar-refractivity contribution in [3.8, 4) is 0 Å². The van der Waals surface area contributed by atoms with Crippen molar-refractivity contribution >= 4 is 34.2 Å². The van der Waals surface area contributed by atoms with Crippen LogP contribution in [0.2, 0.25) is 0 Å². The number of amides is 3. The van der Waals surface area contributed by atoms with Gasteiger partial charge in [0, 0.05) is 29.6 Å². The highest BCUT2D eigenvalue weighted by atomic mass is 19.1. The number of nitrogens with zero attached hydrogens (tertiary/aromatic N) is 2. The van der Waals surface area contributed by atoms with Crippen LogP contribution in [0.1, 0.15) is 36.7 Å². The van der Waals surface area contributed by atoms with Crippen LogP contribution in [0, 0.1) is 11.7 Å². The molecule has 176 valence electrons. The van der Waals surface area contributed by atoms with Gasteiger partial charge >= 0.3 is 0 Å². The number of benzene rings is 3. The lowest BCUT2D eigenvalue weighted by atomic mass is 10.1.